The smallest absolute Gasteiger partial charge is 0.224 e. The maximum absolute atomic E-state index is 11.8. The number of benzene rings is 1. The number of carbonyl (C=O) groups excluding carboxylic acids is 1. The van der Waals surface area contributed by atoms with Crippen molar-refractivity contribution in [1.29, 1.82) is 0 Å². The Morgan fingerprint density at radius 3 is 2.76 bits per heavy atom. The average Bonchev–Trinajstić information content (AvgIpc) is 3.12. The summed E-state index contributed by atoms with van der Waals surface area (Å²) >= 11 is 0. The molecule has 1 atom stereocenters. The van der Waals surface area contributed by atoms with Gasteiger partial charge in [-0.15, -0.1) is 0 Å². The Labute approximate surface area is 172 Å². The summed E-state index contributed by atoms with van der Waals surface area (Å²) in [4.78, 5) is 16.4. The first-order valence-corrected chi connectivity index (χ1v) is 9.96. The van der Waals surface area contributed by atoms with E-state index in [9.17, 15) is 9.90 Å². The average molecular weight is 401 g/mol. The number of guanidine groups is 1. The minimum absolute atomic E-state index is 0.0146. The van der Waals surface area contributed by atoms with Crippen molar-refractivity contribution in [2.24, 2.45) is 12.0 Å². The van der Waals surface area contributed by atoms with Crippen LogP contribution < -0.4 is 16.0 Å². The van der Waals surface area contributed by atoms with Crippen LogP contribution in [-0.2, 0) is 24.0 Å². The molecule has 0 saturated carbocycles. The van der Waals surface area contributed by atoms with E-state index in [4.69, 9.17) is 0 Å². The van der Waals surface area contributed by atoms with Gasteiger partial charge in [0.1, 0.15) is 5.60 Å². The lowest BCUT2D eigenvalue weighted by molar-refractivity contribution is -0.116. The summed E-state index contributed by atoms with van der Waals surface area (Å²) in [6.45, 7) is 7.14. The van der Waals surface area contributed by atoms with E-state index in [0.717, 1.165) is 23.2 Å². The first-order valence-electron chi connectivity index (χ1n) is 9.96. The Morgan fingerprint density at radius 2 is 2.10 bits per heavy atom. The highest BCUT2D eigenvalue weighted by Crippen LogP contribution is 2.18. The highest BCUT2D eigenvalue weighted by molar-refractivity contribution is 5.90. The van der Waals surface area contributed by atoms with E-state index in [1.165, 1.54) is 0 Å². The molecule has 1 aromatic carbocycles. The molecule has 158 valence electrons. The number of rotatable bonds is 9. The SMILES string of the molecule is CCCC(=O)Nc1cccc(CN=C(NCC)NCC(C)(O)c2cnn(C)c2)c1. The minimum atomic E-state index is -1.08. The molecule has 0 fully saturated rings. The summed E-state index contributed by atoms with van der Waals surface area (Å²) in [5.74, 6) is 0.623. The van der Waals surface area contributed by atoms with E-state index in [1.807, 2.05) is 45.2 Å². The van der Waals surface area contributed by atoms with E-state index in [2.05, 4.69) is 26.0 Å². The van der Waals surface area contributed by atoms with Crippen LogP contribution >= 0.6 is 0 Å². The highest BCUT2D eigenvalue weighted by Gasteiger charge is 2.24. The molecule has 0 aliphatic rings. The number of hydrogen-bond donors (Lipinski definition) is 4. The van der Waals surface area contributed by atoms with Gasteiger partial charge in [-0.2, -0.15) is 5.10 Å². The van der Waals surface area contributed by atoms with Crippen molar-refractivity contribution >= 4 is 17.6 Å². The fourth-order valence-corrected chi connectivity index (χ4v) is 2.77. The quantitative estimate of drug-likeness (QED) is 0.381. The zero-order valence-corrected chi connectivity index (χ0v) is 17.7. The fraction of sp³-hybridized carbons (Fsp3) is 0.476. The van der Waals surface area contributed by atoms with Crippen molar-refractivity contribution in [3.05, 3.63) is 47.8 Å². The molecule has 0 saturated heterocycles. The number of nitrogens with zero attached hydrogens (tertiary/aromatic N) is 3. The summed E-state index contributed by atoms with van der Waals surface area (Å²) in [7, 11) is 1.82. The Bertz CT molecular complexity index is 828. The van der Waals surface area contributed by atoms with Crippen LogP contribution in [0, 0.1) is 0 Å². The molecule has 2 aromatic rings. The van der Waals surface area contributed by atoms with Crippen LogP contribution in [-0.4, -0.2) is 39.8 Å². The first-order chi connectivity index (χ1) is 13.8. The maximum atomic E-state index is 11.8. The number of anilines is 1. The van der Waals surface area contributed by atoms with Crippen LogP contribution in [0.3, 0.4) is 0 Å². The molecule has 0 radical (unpaired) electrons. The van der Waals surface area contributed by atoms with Crippen molar-refractivity contribution in [1.82, 2.24) is 20.4 Å². The minimum Gasteiger partial charge on any atom is -0.383 e. The first kappa shape index (κ1) is 22.4. The number of amides is 1. The van der Waals surface area contributed by atoms with Gasteiger partial charge in [0.05, 0.1) is 19.3 Å². The molecule has 2 rings (SSSR count). The molecule has 1 aromatic heterocycles. The molecule has 1 unspecified atom stereocenters. The van der Waals surface area contributed by atoms with Crippen LogP contribution in [0.2, 0.25) is 0 Å². The lowest BCUT2D eigenvalue weighted by Crippen LogP contribution is -2.44. The van der Waals surface area contributed by atoms with Crippen LogP contribution in [0.15, 0.2) is 41.7 Å². The van der Waals surface area contributed by atoms with Gasteiger partial charge in [0.25, 0.3) is 0 Å². The van der Waals surface area contributed by atoms with Gasteiger partial charge in [0.15, 0.2) is 5.96 Å². The predicted octanol–water partition coefficient (Wildman–Crippen LogP) is 2.12. The molecule has 0 aliphatic carbocycles. The lowest BCUT2D eigenvalue weighted by atomic mass is 10.00. The molecule has 0 aliphatic heterocycles. The molecule has 1 amide bonds. The van der Waals surface area contributed by atoms with Gasteiger partial charge >= 0.3 is 0 Å². The zero-order valence-electron chi connectivity index (χ0n) is 17.7. The Morgan fingerprint density at radius 1 is 1.31 bits per heavy atom. The highest BCUT2D eigenvalue weighted by atomic mass is 16.3. The third kappa shape index (κ3) is 7.23. The fourth-order valence-electron chi connectivity index (χ4n) is 2.77. The molecule has 0 spiro atoms. The zero-order chi connectivity index (χ0) is 21.3. The normalized spacial score (nSPS) is 13.6. The summed E-state index contributed by atoms with van der Waals surface area (Å²) < 4.78 is 1.66. The standard InChI is InChI=1S/C21H32N6O2/c1-5-8-19(28)26-18-10-7-9-16(11-18)12-23-20(22-6-2)24-15-21(3,29)17-13-25-27(4)14-17/h7,9-11,13-14,29H,5-6,8,12,15H2,1-4H3,(H,26,28)(H2,22,23,24). The summed E-state index contributed by atoms with van der Waals surface area (Å²) in [5.41, 5.74) is 1.41. The predicted molar refractivity (Wildman–Crippen MR) is 116 cm³/mol. The van der Waals surface area contributed by atoms with Gasteiger partial charge in [-0.1, -0.05) is 19.1 Å². The van der Waals surface area contributed by atoms with Crippen molar-refractivity contribution < 1.29 is 9.90 Å². The number of aliphatic imine (C=N–C) groups is 1. The Kier molecular flexibility index (Phi) is 8.21. The number of aromatic nitrogens is 2. The topological polar surface area (TPSA) is 104 Å². The third-order valence-corrected chi connectivity index (χ3v) is 4.38. The van der Waals surface area contributed by atoms with Crippen LogP contribution in [0.1, 0.15) is 44.7 Å². The molecule has 4 N–H and O–H groups in total. The van der Waals surface area contributed by atoms with E-state index in [0.29, 0.717) is 25.5 Å². The largest absolute Gasteiger partial charge is 0.383 e. The van der Waals surface area contributed by atoms with Crippen LogP contribution in [0.25, 0.3) is 0 Å². The Hall–Kier alpha value is -2.87. The van der Waals surface area contributed by atoms with Gasteiger partial charge in [-0.05, 0) is 38.0 Å². The van der Waals surface area contributed by atoms with Gasteiger partial charge in [-0.25, -0.2) is 4.99 Å². The molecular weight excluding hydrogens is 368 g/mol. The second kappa shape index (κ2) is 10.6. The van der Waals surface area contributed by atoms with E-state index >= 15 is 0 Å². The van der Waals surface area contributed by atoms with Crippen LogP contribution in [0.5, 0.6) is 0 Å². The number of aliphatic hydroxyl groups is 1. The van der Waals surface area contributed by atoms with E-state index in [1.54, 1.807) is 24.0 Å². The maximum Gasteiger partial charge on any atom is 0.224 e. The van der Waals surface area contributed by atoms with Gasteiger partial charge in [-0.3, -0.25) is 9.48 Å². The van der Waals surface area contributed by atoms with Gasteiger partial charge in [0.2, 0.25) is 5.91 Å². The van der Waals surface area contributed by atoms with Gasteiger partial charge in [0, 0.05) is 37.5 Å². The molecular formula is C21H32N6O2. The van der Waals surface area contributed by atoms with Crippen molar-refractivity contribution in [2.45, 2.75) is 45.8 Å². The number of aryl methyl sites for hydroxylation is 1. The van der Waals surface area contributed by atoms with Crippen molar-refractivity contribution in [3.63, 3.8) is 0 Å². The number of hydrogen-bond acceptors (Lipinski definition) is 4. The third-order valence-electron chi connectivity index (χ3n) is 4.38. The molecule has 1 heterocycles. The number of carbonyl (C=O) groups is 1. The van der Waals surface area contributed by atoms with Crippen LogP contribution in [0.4, 0.5) is 5.69 Å². The Balaban J connectivity index is 2.00. The molecule has 29 heavy (non-hydrogen) atoms. The molecule has 0 bridgehead atoms. The second-order valence-electron chi connectivity index (χ2n) is 7.22. The van der Waals surface area contributed by atoms with E-state index in [-0.39, 0.29) is 12.5 Å². The lowest BCUT2D eigenvalue weighted by Gasteiger charge is -2.23. The number of nitrogens with one attached hydrogen (secondary N) is 3. The van der Waals surface area contributed by atoms with E-state index < -0.39 is 5.60 Å². The summed E-state index contributed by atoms with van der Waals surface area (Å²) in [6, 6.07) is 7.66. The van der Waals surface area contributed by atoms with Gasteiger partial charge < -0.3 is 21.1 Å². The second-order valence-corrected chi connectivity index (χ2v) is 7.22. The van der Waals surface area contributed by atoms with Crippen molar-refractivity contribution in [3.8, 4) is 0 Å². The molecule has 8 heteroatoms. The van der Waals surface area contributed by atoms with Crippen molar-refractivity contribution in [2.75, 3.05) is 18.4 Å². The molecule has 8 nitrogen and oxygen atoms in total. The monoisotopic (exact) mass is 400 g/mol. The summed E-state index contributed by atoms with van der Waals surface area (Å²) in [6.07, 6.45) is 4.78. The summed E-state index contributed by atoms with van der Waals surface area (Å²) in [5, 5.41) is 24.1.